The molecule has 39 heavy (non-hydrogen) atoms. The molecular weight excluding hydrogens is 509 g/mol. The van der Waals surface area contributed by atoms with Crippen LogP contribution in [0.4, 0.5) is 10.1 Å². The second kappa shape index (κ2) is 11.5. The first-order chi connectivity index (χ1) is 18.7. The van der Waals surface area contributed by atoms with E-state index in [-0.39, 0.29) is 17.5 Å². The average molecular weight is 536 g/mol. The van der Waals surface area contributed by atoms with Crippen molar-refractivity contribution in [3.8, 4) is 17.3 Å². The van der Waals surface area contributed by atoms with E-state index in [1.165, 1.54) is 18.3 Å². The van der Waals surface area contributed by atoms with Gasteiger partial charge in [0.15, 0.2) is 29.0 Å². The second-order valence-corrected chi connectivity index (χ2v) is 8.43. The topological polar surface area (TPSA) is 181 Å². The fourth-order valence-electron chi connectivity index (χ4n) is 3.98. The number of anilines is 1. The van der Waals surface area contributed by atoms with Crippen molar-refractivity contribution in [3.05, 3.63) is 93.5 Å². The van der Waals surface area contributed by atoms with Crippen molar-refractivity contribution >= 4 is 17.5 Å². The number of hydrogen-bond donors (Lipinski definition) is 5. The monoisotopic (exact) mass is 535 g/mol. The number of nitrogens with two attached hydrogens (primary N) is 1. The van der Waals surface area contributed by atoms with E-state index in [0.29, 0.717) is 35.8 Å². The maximum absolute atomic E-state index is 14.3. The molecule has 0 fully saturated rings. The molecule has 5 rings (SSSR count). The first kappa shape index (κ1) is 26.9. The van der Waals surface area contributed by atoms with Crippen LogP contribution in [-0.4, -0.2) is 50.4 Å². The number of carboxylic acid groups (broad SMARTS) is 1. The molecule has 0 saturated carbocycles. The van der Waals surface area contributed by atoms with Gasteiger partial charge in [-0.1, -0.05) is 0 Å². The van der Waals surface area contributed by atoms with Crippen LogP contribution in [0.1, 0.15) is 35.5 Å². The number of aromatic amines is 1. The minimum absolute atomic E-state index is 0.0445. The predicted octanol–water partition coefficient (Wildman–Crippen LogP) is 2.61. The highest BCUT2D eigenvalue weighted by atomic mass is 19.1. The SMILES string of the molecule is CC(=O)O.COc1cc(C(Nc2ccc(C(=N)N)cc2)c2nn(-c3ncccc3F)c(=O)[nH]2)cc2c1OCC2. The van der Waals surface area contributed by atoms with Gasteiger partial charge in [-0.05, 0) is 54.1 Å². The van der Waals surface area contributed by atoms with Gasteiger partial charge in [-0.25, -0.2) is 14.2 Å². The number of carbonyl (C=O) groups is 1. The number of carboxylic acids is 1. The number of H-pyrrole nitrogens is 1. The van der Waals surface area contributed by atoms with E-state index in [0.717, 1.165) is 22.7 Å². The van der Waals surface area contributed by atoms with Crippen LogP contribution in [0.25, 0.3) is 5.82 Å². The van der Waals surface area contributed by atoms with Gasteiger partial charge in [0, 0.05) is 36.4 Å². The smallest absolute Gasteiger partial charge is 0.349 e. The van der Waals surface area contributed by atoms with Crippen LogP contribution >= 0.6 is 0 Å². The maximum atomic E-state index is 14.3. The van der Waals surface area contributed by atoms with Gasteiger partial charge in [0.05, 0.1) is 13.7 Å². The number of fused-ring (bicyclic) bond motifs is 1. The van der Waals surface area contributed by atoms with Crippen molar-refractivity contribution in [2.75, 3.05) is 19.0 Å². The van der Waals surface area contributed by atoms with Gasteiger partial charge in [-0.3, -0.25) is 15.2 Å². The Bertz CT molecular complexity index is 1560. The summed E-state index contributed by atoms with van der Waals surface area (Å²) in [6.45, 7) is 1.63. The minimum Gasteiger partial charge on any atom is -0.493 e. The summed E-state index contributed by atoms with van der Waals surface area (Å²) in [5, 5.41) is 22.7. The van der Waals surface area contributed by atoms with E-state index in [4.69, 9.17) is 30.5 Å². The van der Waals surface area contributed by atoms with Gasteiger partial charge >= 0.3 is 5.69 Å². The van der Waals surface area contributed by atoms with Gasteiger partial charge in [0.2, 0.25) is 0 Å². The molecule has 6 N–H and O–H groups in total. The third-order valence-corrected chi connectivity index (χ3v) is 5.68. The Hall–Kier alpha value is -5.20. The van der Waals surface area contributed by atoms with E-state index in [1.807, 2.05) is 12.1 Å². The van der Waals surface area contributed by atoms with Crippen molar-refractivity contribution < 1.29 is 23.8 Å². The Balaban J connectivity index is 0.000000826. The molecule has 0 radical (unpaired) electrons. The lowest BCUT2D eigenvalue weighted by Crippen LogP contribution is -2.18. The van der Waals surface area contributed by atoms with Gasteiger partial charge in [-0.15, -0.1) is 5.10 Å². The number of aromatic nitrogens is 4. The quantitative estimate of drug-likeness (QED) is 0.175. The summed E-state index contributed by atoms with van der Waals surface area (Å²) in [6, 6.07) is 12.7. The lowest BCUT2D eigenvalue weighted by molar-refractivity contribution is -0.134. The number of rotatable bonds is 7. The summed E-state index contributed by atoms with van der Waals surface area (Å²) in [5.41, 5.74) is 7.92. The number of nitrogen functional groups attached to an aromatic ring is 1. The normalized spacial score (nSPS) is 12.4. The highest BCUT2D eigenvalue weighted by Gasteiger charge is 2.26. The maximum Gasteiger partial charge on any atom is 0.349 e. The first-order valence-corrected chi connectivity index (χ1v) is 11.7. The summed E-state index contributed by atoms with van der Waals surface area (Å²) < 4.78 is 26.5. The average Bonchev–Trinajstić information content (AvgIpc) is 3.53. The van der Waals surface area contributed by atoms with Crippen LogP contribution in [0.3, 0.4) is 0 Å². The number of amidine groups is 1. The molecule has 0 saturated heterocycles. The Morgan fingerprint density at radius 1 is 1.31 bits per heavy atom. The van der Waals surface area contributed by atoms with E-state index < -0.39 is 23.5 Å². The Kier molecular flexibility index (Phi) is 7.89. The van der Waals surface area contributed by atoms with Crippen molar-refractivity contribution in [1.82, 2.24) is 19.7 Å². The Morgan fingerprint density at radius 3 is 2.67 bits per heavy atom. The molecule has 13 heteroatoms. The van der Waals surface area contributed by atoms with Crippen LogP contribution in [0, 0.1) is 11.2 Å². The molecule has 2 aromatic heterocycles. The summed E-state index contributed by atoms with van der Waals surface area (Å²) in [6.07, 6.45) is 2.10. The fraction of sp³-hybridized carbons (Fsp3) is 0.192. The van der Waals surface area contributed by atoms with Crippen LogP contribution in [0.2, 0.25) is 0 Å². The van der Waals surface area contributed by atoms with Crippen molar-refractivity contribution in [1.29, 1.82) is 5.41 Å². The molecule has 0 aliphatic carbocycles. The van der Waals surface area contributed by atoms with E-state index in [2.05, 4.69) is 20.4 Å². The summed E-state index contributed by atoms with van der Waals surface area (Å²) in [7, 11) is 1.56. The molecule has 202 valence electrons. The standard InChI is InChI=1S/C24H22FN7O3.C2H4O2/c1-34-18-12-15(11-14-8-10-35-20(14)18)19(29-16-6-4-13(5-7-16)21(26)27)22-30-24(33)32(31-22)23-17(25)3-2-9-28-23;1-2(3)4/h2-7,9,11-12,19,29H,8,10H2,1H3,(H3,26,27)(H,30,31,33);1H3,(H,3,4). The molecule has 0 spiro atoms. The zero-order valence-corrected chi connectivity index (χ0v) is 21.1. The lowest BCUT2D eigenvalue weighted by Gasteiger charge is -2.20. The van der Waals surface area contributed by atoms with Crippen molar-refractivity contribution in [2.24, 2.45) is 5.73 Å². The number of nitrogens with one attached hydrogen (secondary N) is 3. The van der Waals surface area contributed by atoms with Gasteiger partial charge in [-0.2, -0.15) is 4.68 Å². The molecule has 1 unspecified atom stereocenters. The number of pyridine rings is 1. The summed E-state index contributed by atoms with van der Waals surface area (Å²) in [4.78, 5) is 28.4. The van der Waals surface area contributed by atoms with E-state index in [1.54, 1.807) is 31.4 Å². The highest BCUT2D eigenvalue weighted by Crippen LogP contribution is 2.39. The highest BCUT2D eigenvalue weighted by molar-refractivity contribution is 5.95. The molecule has 3 heterocycles. The fourth-order valence-corrected chi connectivity index (χ4v) is 3.98. The largest absolute Gasteiger partial charge is 0.493 e. The van der Waals surface area contributed by atoms with Crippen LogP contribution < -0.4 is 26.2 Å². The molecular formula is C26H26FN7O5. The number of halogens is 1. The lowest BCUT2D eigenvalue weighted by atomic mass is 10.0. The number of benzene rings is 2. The summed E-state index contributed by atoms with van der Waals surface area (Å²) >= 11 is 0. The van der Waals surface area contributed by atoms with Crippen LogP contribution in [0.5, 0.6) is 11.5 Å². The number of methoxy groups -OCH3 is 1. The molecule has 12 nitrogen and oxygen atoms in total. The minimum atomic E-state index is -0.833. The van der Waals surface area contributed by atoms with E-state index in [9.17, 15) is 9.18 Å². The Labute approximate surface area is 221 Å². The molecule has 2 aromatic carbocycles. The van der Waals surface area contributed by atoms with Crippen molar-refractivity contribution in [2.45, 2.75) is 19.4 Å². The van der Waals surface area contributed by atoms with Crippen molar-refractivity contribution in [3.63, 3.8) is 0 Å². The number of ether oxygens (including phenoxy) is 2. The molecule has 0 amide bonds. The predicted molar refractivity (Wildman–Crippen MR) is 140 cm³/mol. The third-order valence-electron chi connectivity index (χ3n) is 5.68. The van der Waals surface area contributed by atoms with Gasteiger partial charge < -0.3 is 25.6 Å². The Morgan fingerprint density at radius 2 is 2.03 bits per heavy atom. The number of hydrogen-bond acceptors (Lipinski definition) is 8. The zero-order chi connectivity index (χ0) is 28.1. The molecule has 0 bridgehead atoms. The zero-order valence-electron chi connectivity index (χ0n) is 21.1. The van der Waals surface area contributed by atoms with Gasteiger partial charge in [0.1, 0.15) is 11.9 Å². The molecule has 1 atom stereocenters. The summed E-state index contributed by atoms with van der Waals surface area (Å²) in [5.74, 6) is -0.256. The van der Waals surface area contributed by atoms with Gasteiger partial charge in [0.25, 0.3) is 5.97 Å². The molecule has 1 aliphatic heterocycles. The van der Waals surface area contributed by atoms with E-state index >= 15 is 0 Å². The number of nitrogens with zero attached hydrogens (tertiary/aromatic N) is 3. The van der Waals surface area contributed by atoms with Crippen LogP contribution in [-0.2, 0) is 11.2 Å². The molecule has 1 aliphatic rings. The van der Waals surface area contributed by atoms with Crippen LogP contribution in [0.15, 0.2) is 59.5 Å². The number of aliphatic carboxylic acids is 1. The third kappa shape index (κ3) is 6.04. The molecule has 4 aromatic rings. The second-order valence-electron chi connectivity index (χ2n) is 8.43. The first-order valence-electron chi connectivity index (χ1n) is 11.7.